The van der Waals surface area contributed by atoms with Crippen molar-refractivity contribution in [1.82, 2.24) is 5.32 Å². The van der Waals surface area contributed by atoms with E-state index in [9.17, 15) is 10.1 Å². The molecule has 0 radical (unpaired) electrons. The molecular weight excluding hydrogens is 310 g/mol. The van der Waals surface area contributed by atoms with E-state index in [2.05, 4.69) is 10.6 Å². The third-order valence-corrected chi connectivity index (χ3v) is 3.79. The van der Waals surface area contributed by atoms with Gasteiger partial charge in [0.15, 0.2) is 0 Å². The third kappa shape index (κ3) is 4.24. The van der Waals surface area contributed by atoms with Crippen LogP contribution in [0.15, 0.2) is 84.6 Å². The molecule has 2 N–H and O–H groups in total. The smallest absolute Gasteiger partial charge is 0.263 e. The van der Waals surface area contributed by atoms with Crippen molar-refractivity contribution in [3.63, 3.8) is 0 Å². The van der Waals surface area contributed by atoms with Crippen LogP contribution in [0.1, 0.15) is 5.56 Å². The molecule has 0 aliphatic heterocycles. The maximum Gasteiger partial charge on any atom is 0.263 e. The Morgan fingerprint density at radius 2 is 1.68 bits per heavy atom. The Morgan fingerprint density at radius 3 is 2.44 bits per heavy atom. The number of anilines is 1. The van der Waals surface area contributed by atoms with Gasteiger partial charge in [-0.05, 0) is 28.5 Å². The number of carbonyl (C=O) groups is 1. The molecule has 4 nitrogen and oxygen atoms in total. The van der Waals surface area contributed by atoms with Crippen molar-refractivity contribution in [3.05, 3.63) is 90.1 Å². The van der Waals surface area contributed by atoms with Crippen molar-refractivity contribution >= 4 is 22.4 Å². The van der Waals surface area contributed by atoms with Crippen LogP contribution in [0.25, 0.3) is 10.8 Å². The van der Waals surface area contributed by atoms with Crippen LogP contribution in [0.4, 0.5) is 5.69 Å². The standard InChI is InChI=1S/C21H17N3O/c22-13-19(21(25)24-14-16-6-2-1-3-7-16)15-23-20-11-10-17-8-4-5-9-18(17)12-20/h1-12,15,23H,14H2,(H,24,25)/b19-15-. The highest BCUT2D eigenvalue weighted by molar-refractivity contribution is 5.97. The van der Waals surface area contributed by atoms with E-state index in [0.717, 1.165) is 22.0 Å². The van der Waals surface area contributed by atoms with Crippen molar-refractivity contribution < 1.29 is 4.79 Å². The number of hydrogen-bond acceptors (Lipinski definition) is 3. The van der Waals surface area contributed by atoms with Gasteiger partial charge >= 0.3 is 0 Å². The number of amides is 1. The lowest BCUT2D eigenvalue weighted by Crippen LogP contribution is -2.24. The number of carbonyl (C=O) groups excluding carboxylic acids is 1. The largest absolute Gasteiger partial charge is 0.360 e. The summed E-state index contributed by atoms with van der Waals surface area (Å²) >= 11 is 0. The summed E-state index contributed by atoms with van der Waals surface area (Å²) in [6.45, 7) is 0.384. The minimum absolute atomic E-state index is 0.0316. The van der Waals surface area contributed by atoms with Gasteiger partial charge in [0.2, 0.25) is 0 Å². The van der Waals surface area contributed by atoms with Crippen molar-refractivity contribution in [1.29, 1.82) is 5.26 Å². The highest BCUT2D eigenvalue weighted by atomic mass is 16.1. The monoisotopic (exact) mass is 327 g/mol. The van der Waals surface area contributed by atoms with E-state index >= 15 is 0 Å². The van der Waals surface area contributed by atoms with Gasteiger partial charge in [-0.15, -0.1) is 0 Å². The number of nitriles is 1. The molecule has 3 rings (SSSR count). The molecule has 0 atom stereocenters. The number of rotatable bonds is 5. The van der Waals surface area contributed by atoms with Gasteiger partial charge in [0.1, 0.15) is 11.6 Å². The molecular formula is C21H17N3O. The van der Waals surface area contributed by atoms with E-state index in [-0.39, 0.29) is 5.57 Å². The molecule has 0 heterocycles. The third-order valence-electron chi connectivity index (χ3n) is 3.79. The molecule has 0 unspecified atom stereocenters. The first kappa shape index (κ1) is 16.3. The van der Waals surface area contributed by atoms with E-state index in [1.165, 1.54) is 6.20 Å². The van der Waals surface area contributed by atoms with Crippen molar-refractivity contribution in [2.75, 3.05) is 5.32 Å². The Balaban J connectivity index is 1.66. The van der Waals surface area contributed by atoms with Crippen molar-refractivity contribution in [2.45, 2.75) is 6.54 Å². The van der Waals surface area contributed by atoms with Gasteiger partial charge in [-0.1, -0.05) is 60.7 Å². The van der Waals surface area contributed by atoms with E-state index in [0.29, 0.717) is 6.54 Å². The van der Waals surface area contributed by atoms with E-state index in [1.54, 1.807) is 0 Å². The van der Waals surface area contributed by atoms with Crippen LogP contribution in [0.5, 0.6) is 0 Å². The van der Waals surface area contributed by atoms with Gasteiger partial charge in [0.25, 0.3) is 5.91 Å². The summed E-state index contributed by atoms with van der Waals surface area (Å²) in [6, 6.07) is 25.4. The average Bonchev–Trinajstić information content (AvgIpc) is 2.67. The zero-order chi connectivity index (χ0) is 17.5. The molecule has 0 aliphatic rings. The summed E-state index contributed by atoms with van der Waals surface area (Å²) in [5.74, 6) is -0.403. The second kappa shape index (κ2) is 7.80. The number of nitrogens with zero attached hydrogens (tertiary/aromatic N) is 1. The Bertz CT molecular complexity index is 956. The van der Waals surface area contributed by atoms with Gasteiger partial charge < -0.3 is 10.6 Å². The fourth-order valence-corrected chi connectivity index (χ4v) is 2.46. The highest BCUT2D eigenvalue weighted by Crippen LogP contribution is 2.19. The predicted octanol–water partition coefficient (Wildman–Crippen LogP) is 3.98. The Kier molecular flexibility index (Phi) is 5.08. The zero-order valence-corrected chi connectivity index (χ0v) is 13.6. The fraction of sp³-hybridized carbons (Fsp3) is 0.0476. The molecule has 0 saturated carbocycles. The van der Waals surface area contributed by atoms with E-state index in [4.69, 9.17) is 0 Å². The topological polar surface area (TPSA) is 64.9 Å². The number of hydrogen-bond donors (Lipinski definition) is 2. The first-order chi connectivity index (χ1) is 12.3. The Hall–Kier alpha value is -3.58. The van der Waals surface area contributed by atoms with E-state index < -0.39 is 5.91 Å². The number of benzene rings is 3. The quantitative estimate of drug-likeness (QED) is 0.550. The minimum atomic E-state index is -0.403. The molecule has 3 aromatic carbocycles. The Labute approximate surface area is 146 Å². The fourth-order valence-electron chi connectivity index (χ4n) is 2.46. The van der Waals surface area contributed by atoms with Crippen LogP contribution in [-0.4, -0.2) is 5.91 Å². The molecule has 3 aromatic rings. The van der Waals surface area contributed by atoms with Crippen LogP contribution in [0, 0.1) is 11.3 Å². The second-order valence-electron chi connectivity index (χ2n) is 5.54. The van der Waals surface area contributed by atoms with Crippen LogP contribution in [0.2, 0.25) is 0 Å². The predicted molar refractivity (Wildman–Crippen MR) is 99.6 cm³/mol. The van der Waals surface area contributed by atoms with Crippen LogP contribution in [-0.2, 0) is 11.3 Å². The molecule has 122 valence electrons. The molecule has 0 fully saturated rings. The molecule has 4 heteroatoms. The molecule has 0 spiro atoms. The zero-order valence-electron chi connectivity index (χ0n) is 13.6. The summed E-state index contributed by atoms with van der Waals surface area (Å²) in [4.78, 5) is 12.1. The molecule has 0 aromatic heterocycles. The lowest BCUT2D eigenvalue weighted by atomic mass is 10.1. The average molecular weight is 327 g/mol. The lowest BCUT2D eigenvalue weighted by Gasteiger charge is -2.06. The lowest BCUT2D eigenvalue weighted by molar-refractivity contribution is -0.117. The molecule has 0 bridgehead atoms. The Morgan fingerprint density at radius 1 is 0.960 bits per heavy atom. The summed E-state index contributed by atoms with van der Waals surface area (Å²) in [7, 11) is 0. The summed E-state index contributed by atoms with van der Waals surface area (Å²) in [5.41, 5.74) is 1.84. The van der Waals surface area contributed by atoms with Crippen LogP contribution in [0.3, 0.4) is 0 Å². The normalized spacial score (nSPS) is 10.9. The maximum atomic E-state index is 12.1. The highest BCUT2D eigenvalue weighted by Gasteiger charge is 2.08. The molecule has 0 saturated heterocycles. The van der Waals surface area contributed by atoms with Gasteiger partial charge in [-0.25, -0.2) is 0 Å². The van der Waals surface area contributed by atoms with Gasteiger partial charge in [0.05, 0.1) is 0 Å². The molecule has 25 heavy (non-hydrogen) atoms. The summed E-state index contributed by atoms with van der Waals surface area (Å²) in [5, 5.41) is 17.2. The van der Waals surface area contributed by atoms with Gasteiger partial charge in [-0.2, -0.15) is 5.26 Å². The molecule has 0 aliphatic carbocycles. The van der Waals surface area contributed by atoms with E-state index in [1.807, 2.05) is 78.9 Å². The van der Waals surface area contributed by atoms with Crippen LogP contribution >= 0.6 is 0 Å². The number of nitrogens with one attached hydrogen (secondary N) is 2. The van der Waals surface area contributed by atoms with Gasteiger partial charge in [-0.3, -0.25) is 4.79 Å². The van der Waals surface area contributed by atoms with Crippen molar-refractivity contribution in [2.24, 2.45) is 0 Å². The second-order valence-corrected chi connectivity index (χ2v) is 5.54. The first-order valence-corrected chi connectivity index (χ1v) is 7.94. The first-order valence-electron chi connectivity index (χ1n) is 7.94. The summed E-state index contributed by atoms with van der Waals surface area (Å²) in [6.07, 6.45) is 1.43. The van der Waals surface area contributed by atoms with Crippen molar-refractivity contribution in [3.8, 4) is 6.07 Å². The van der Waals surface area contributed by atoms with Gasteiger partial charge in [0, 0.05) is 18.4 Å². The maximum absolute atomic E-state index is 12.1. The summed E-state index contributed by atoms with van der Waals surface area (Å²) < 4.78 is 0. The minimum Gasteiger partial charge on any atom is -0.360 e. The molecule has 1 amide bonds. The SMILES string of the molecule is N#C/C(=C/Nc1ccc2ccccc2c1)C(=O)NCc1ccccc1. The van der Waals surface area contributed by atoms with Crippen LogP contribution < -0.4 is 10.6 Å². The number of fused-ring (bicyclic) bond motifs is 1.